The summed E-state index contributed by atoms with van der Waals surface area (Å²) in [7, 11) is 0. The molecule has 0 saturated carbocycles. The molecule has 5 nitrogen and oxygen atoms in total. The Bertz CT molecular complexity index is 540. The number of benzene rings is 1. The van der Waals surface area contributed by atoms with Crippen molar-refractivity contribution in [3.63, 3.8) is 0 Å². The van der Waals surface area contributed by atoms with Gasteiger partial charge in [0.25, 0.3) is 0 Å². The number of carboxylic acids is 1. The first-order valence-electron chi connectivity index (χ1n) is 6.68. The molecule has 1 atom stereocenters. The third-order valence-corrected chi connectivity index (χ3v) is 3.29. The quantitative estimate of drug-likeness (QED) is 0.808. The normalized spacial score (nSPS) is 13.8. The molecule has 2 aromatic rings. The average molecular weight is 273 g/mol. The fourth-order valence-corrected chi connectivity index (χ4v) is 2.23. The van der Waals surface area contributed by atoms with E-state index in [0.717, 1.165) is 12.0 Å². The van der Waals surface area contributed by atoms with Gasteiger partial charge < -0.3 is 9.67 Å². The molecule has 0 aliphatic rings. The Hall–Kier alpha value is -2.14. The third-order valence-electron chi connectivity index (χ3n) is 3.29. The first-order valence-corrected chi connectivity index (χ1v) is 6.68. The molecule has 0 aliphatic carbocycles. The van der Waals surface area contributed by atoms with Crippen LogP contribution in [-0.2, 0) is 16.9 Å². The van der Waals surface area contributed by atoms with Crippen LogP contribution in [0.15, 0.2) is 49.1 Å². The van der Waals surface area contributed by atoms with Crippen molar-refractivity contribution in [2.24, 2.45) is 0 Å². The Kier molecular flexibility index (Phi) is 4.53. The van der Waals surface area contributed by atoms with Crippen molar-refractivity contribution in [3.8, 4) is 0 Å². The van der Waals surface area contributed by atoms with Crippen molar-refractivity contribution < 1.29 is 9.90 Å². The predicted octanol–water partition coefficient (Wildman–Crippen LogP) is 1.86. The second-order valence-corrected chi connectivity index (χ2v) is 4.74. The van der Waals surface area contributed by atoms with Gasteiger partial charge in [-0.05, 0) is 18.5 Å². The van der Waals surface area contributed by atoms with Gasteiger partial charge >= 0.3 is 5.97 Å². The van der Waals surface area contributed by atoms with E-state index in [9.17, 15) is 9.90 Å². The van der Waals surface area contributed by atoms with Crippen LogP contribution in [0.5, 0.6) is 0 Å². The maximum absolute atomic E-state index is 12.0. The highest BCUT2D eigenvalue weighted by molar-refractivity contribution is 5.80. The topological polar surface area (TPSA) is 67.2 Å². The summed E-state index contributed by atoms with van der Waals surface area (Å²) < 4.78 is 1.78. The van der Waals surface area contributed by atoms with Crippen LogP contribution in [0.4, 0.5) is 0 Å². The molecule has 1 aromatic heterocycles. The third kappa shape index (κ3) is 2.88. The predicted molar refractivity (Wildman–Crippen MR) is 76.3 cm³/mol. The summed E-state index contributed by atoms with van der Waals surface area (Å²) in [6, 6.07) is 9.28. The van der Waals surface area contributed by atoms with E-state index in [1.807, 2.05) is 37.3 Å². The van der Waals surface area contributed by atoms with Gasteiger partial charge in [0, 0.05) is 12.4 Å². The summed E-state index contributed by atoms with van der Waals surface area (Å²) in [4.78, 5) is 15.9. The van der Waals surface area contributed by atoms with E-state index in [1.165, 1.54) is 0 Å². The Balaban J connectivity index is 2.41. The molecular weight excluding hydrogens is 254 g/mol. The summed E-state index contributed by atoms with van der Waals surface area (Å²) in [5, 5.41) is 13.0. The van der Waals surface area contributed by atoms with Gasteiger partial charge in [-0.3, -0.25) is 5.32 Å². The lowest BCUT2D eigenvalue weighted by Gasteiger charge is -2.31. The Morgan fingerprint density at radius 1 is 1.40 bits per heavy atom. The zero-order chi connectivity index (χ0) is 14.4. The molecule has 0 radical (unpaired) electrons. The molecule has 1 unspecified atom stereocenters. The van der Waals surface area contributed by atoms with Gasteiger partial charge in [-0.1, -0.05) is 37.3 Å². The molecule has 0 bridgehead atoms. The molecule has 2 N–H and O–H groups in total. The van der Waals surface area contributed by atoms with Crippen LogP contribution in [0.1, 0.15) is 18.9 Å². The number of carboxylic acid groups (broad SMARTS) is 1. The number of carbonyl (C=O) groups is 1. The minimum atomic E-state index is -1.14. The number of aromatic nitrogens is 2. The molecule has 0 amide bonds. The van der Waals surface area contributed by atoms with Crippen LogP contribution < -0.4 is 5.32 Å². The number of rotatable bonds is 7. The number of hydrogen-bond acceptors (Lipinski definition) is 3. The first kappa shape index (κ1) is 14.3. The van der Waals surface area contributed by atoms with Crippen LogP contribution in [0.2, 0.25) is 0 Å². The zero-order valence-corrected chi connectivity index (χ0v) is 11.5. The standard InChI is InChI=1S/C15H19N3O2/c1-2-8-17-15(14(19)20,11-18-10-9-16-12-18)13-6-4-3-5-7-13/h3-7,9-10,12,17H,2,8,11H2,1H3,(H,19,20). The van der Waals surface area contributed by atoms with Crippen molar-refractivity contribution in [2.45, 2.75) is 25.4 Å². The molecule has 0 aliphatic heterocycles. The lowest BCUT2D eigenvalue weighted by Crippen LogP contribution is -2.52. The lowest BCUT2D eigenvalue weighted by atomic mass is 9.89. The van der Waals surface area contributed by atoms with Crippen LogP contribution in [0.25, 0.3) is 0 Å². The van der Waals surface area contributed by atoms with E-state index in [0.29, 0.717) is 13.1 Å². The molecule has 0 saturated heterocycles. The molecule has 0 fully saturated rings. The summed E-state index contributed by atoms with van der Waals surface area (Å²) in [6.07, 6.45) is 5.92. The molecule has 0 spiro atoms. The molecule has 5 heteroatoms. The fourth-order valence-electron chi connectivity index (χ4n) is 2.23. The van der Waals surface area contributed by atoms with Crippen molar-refractivity contribution in [2.75, 3.05) is 6.54 Å². The molecule has 1 heterocycles. The first-order chi connectivity index (χ1) is 9.69. The van der Waals surface area contributed by atoms with Gasteiger partial charge in [-0.15, -0.1) is 0 Å². The Morgan fingerprint density at radius 3 is 2.70 bits per heavy atom. The minimum absolute atomic E-state index is 0.298. The number of nitrogens with one attached hydrogen (secondary N) is 1. The summed E-state index contributed by atoms with van der Waals surface area (Å²) >= 11 is 0. The smallest absolute Gasteiger partial charge is 0.330 e. The second kappa shape index (κ2) is 6.34. The zero-order valence-electron chi connectivity index (χ0n) is 11.5. The van der Waals surface area contributed by atoms with Crippen molar-refractivity contribution in [3.05, 3.63) is 54.6 Å². The Labute approximate surface area is 118 Å². The van der Waals surface area contributed by atoms with Crippen molar-refractivity contribution in [1.29, 1.82) is 0 Å². The fraction of sp³-hybridized carbons (Fsp3) is 0.333. The SMILES string of the molecule is CCCNC(Cn1ccnc1)(C(=O)O)c1ccccc1. The highest BCUT2D eigenvalue weighted by atomic mass is 16.4. The molecule has 20 heavy (non-hydrogen) atoms. The van der Waals surface area contributed by atoms with Gasteiger partial charge in [-0.2, -0.15) is 0 Å². The van der Waals surface area contributed by atoms with Gasteiger partial charge in [0.05, 0.1) is 12.9 Å². The highest BCUT2D eigenvalue weighted by Crippen LogP contribution is 2.24. The van der Waals surface area contributed by atoms with E-state index >= 15 is 0 Å². The maximum Gasteiger partial charge on any atom is 0.330 e. The van der Waals surface area contributed by atoms with Gasteiger partial charge in [-0.25, -0.2) is 9.78 Å². The molecular formula is C15H19N3O2. The van der Waals surface area contributed by atoms with Gasteiger partial charge in [0.2, 0.25) is 0 Å². The number of aliphatic carboxylic acids is 1. The summed E-state index contributed by atoms with van der Waals surface area (Å²) in [6.45, 7) is 2.95. The lowest BCUT2D eigenvalue weighted by molar-refractivity contribution is -0.146. The van der Waals surface area contributed by atoms with E-state index in [4.69, 9.17) is 0 Å². The van der Waals surface area contributed by atoms with Gasteiger partial charge in [0.15, 0.2) is 5.54 Å². The number of imidazole rings is 1. The maximum atomic E-state index is 12.0. The van der Waals surface area contributed by atoms with Crippen molar-refractivity contribution >= 4 is 5.97 Å². The highest BCUT2D eigenvalue weighted by Gasteiger charge is 2.40. The van der Waals surface area contributed by atoms with Crippen molar-refractivity contribution in [1.82, 2.24) is 14.9 Å². The summed E-state index contributed by atoms with van der Waals surface area (Å²) in [5.41, 5.74) is -0.396. The molecule has 106 valence electrons. The average Bonchev–Trinajstić information content (AvgIpc) is 2.97. The van der Waals surface area contributed by atoms with Crippen LogP contribution in [0.3, 0.4) is 0 Å². The van der Waals surface area contributed by atoms with Crippen LogP contribution >= 0.6 is 0 Å². The second-order valence-electron chi connectivity index (χ2n) is 4.74. The van der Waals surface area contributed by atoms with E-state index in [1.54, 1.807) is 23.3 Å². The monoisotopic (exact) mass is 273 g/mol. The van der Waals surface area contributed by atoms with E-state index < -0.39 is 11.5 Å². The molecule has 2 rings (SSSR count). The largest absolute Gasteiger partial charge is 0.480 e. The van der Waals surface area contributed by atoms with Crippen LogP contribution in [-0.4, -0.2) is 27.2 Å². The van der Waals surface area contributed by atoms with Gasteiger partial charge in [0.1, 0.15) is 0 Å². The minimum Gasteiger partial charge on any atom is -0.480 e. The van der Waals surface area contributed by atoms with E-state index in [2.05, 4.69) is 10.3 Å². The van der Waals surface area contributed by atoms with Crippen LogP contribution in [0, 0.1) is 0 Å². The summed E-state index contributed by atoms with van der Waals surface area (Å²) in [5.74, 6) is -0.883. The number of hydrogen-bond donors (Lipinski definition) is 2. The van der Waals surface area contributed by atoms with E-state index in [-0.39, 0.29) is 0 Å². The number of nitrogens with zero attached hydrogens (tertiary/aromatic N) is 2. The molecule has 1 aromatic carbocycles. The Morgan fingerprint density at radius 2 is 2.15 bits per heavy atom.